The zero-order valence-electron chi connectivity index (χ0n) is 7.99. The molecule has 74 valence electrons. The van der Waals surface area contributed by atoms with Gasteiger partial charge in [-0.15, -0.1) is 0 Å². The first-order valence-electron chi connectivity index (χ1n) is 4.20. The van der Waals surface area contributed by atoms with Crippen molar-refractivity contribution in [3.8, 4) is 11.5 Å². The number of carbonyl (C=O) groups excluding carboxylic acids is 1. The Kier molecular flexibility index (Phi) is 2.37. The minimum Gasteiger partial charge on any atom is -0.497 e. The average molecular weight is 210 g/mol. The molecule has 3 nitrogen and oxygen atoms in total. The smallest absolute Gasteiger partial charge is 0.198 e. The van der Waals surface area contributed by atoms with Crippen LogP contribution in [0.5, 0.6) is 11.5 Å². The first-order valence-corrected chi connectivity index (χ1v) is 5.02. The number of fused-ring (bicyclic) bond motifs is 1. The van der Waals surface area contributed by atoms with Crippen molar-refractivity contribution in [2.24, 2.45) is 0 Å². The number of benzene rings is 1. The van der Waals surface area contributed by atoms with Gasteiger partial charge in [0.15, 0.2) is 5.12 Å². The molecule has 1 aliphatic heterocycles. The Labute approximate surface area is 86.4 Å². The summed E-state index contributed by atoms with van der Waals surface area (Å²) in [5, 5.41) is 0.159. The van der Waals surface area contributed by atoms with Gasteiger partial charge in [0.05, 0.1) is 19.1 Å². The minimum atomic E-state index is 0.159. The maximum atomic E-state index is 11.2. The summed E-state index contributed by atoms with van der Waals surface area (Å²) >= 11 is 1.24. The van der Waals surface area contributed by atoms with Crippen LogP contribution in [0.3, 0.4) is 0 Å². The van der Waals surface area contributed by atoms with Crippen LogP contribution >= 0.6 is 11.8 Å². The monoisotopic (exact) mass is 210 g/mol. The van der Waals surface area contributed by atoms with Gasteiger partial charge in [0.2, 0.25) is 0 Å². The second-order valence-corrected chi connectivity index (χ2v) is 4.04. The Morgan fingerprint density at radius 3 is 2.71 bits per heavy atom. The van der Waals surface area contributed by atoms with Gasteiger partial charge in [-0.1, -0.05) is 0 Å². The van der Waals surface area contributed by atoms with E-state index in [0.29, 0.717) is 6.42 Å². The summed E-state index contributed by atoms with van der Waals surface area (Å²) in [6.07, 6.45) is 0.466. The highest BCUT2D eigenvalue weighted by molar-refractivity contribution is 8.14. The quantitative estimate of drug-likeness (QED) is 0.746. The van der Waals surface area contributed by atoms with E-state index in [1.807, 2.05) is 6.07 Å². The molecule has 1 aromatic carbocycles. The number of rotatable bonds is 2. The zero-order valence-corrected chi connectivity index (χ0v) is 8.81. The molecule has 0 N–H and O–H groups in total. The highest BCUT2D eigenvalue weighted by atomic mass is 32.2. The van der Waals surface area contributed by atoms with Crippen LogP contribution in [0.1, 0.15) is 5.56 Å². The van der Waals surface area contributed by atoms with Crippen molar-refractivity contribution >= 4 is 16.9 Å². The molecule has 0 spiro atoms. The van der Waals surface area contributed by atoms with Crippen LogP contribution in [0, 0.1) is 0 Å². The lowest BCUT2D eigenvalue weighted by molar-refractivity contribution is -0.110. The number of hydrogen-bond acceptors (Lipinski definition) is 4. The molecule has 0 bridgehead atoms. The average Bonchev–Trinajstić information content (AvgIpc) is 2.56. The molecule has 14 heavy (non-hydrogen) atoms. The predicted molar refractivity (Wildman–Crippen MR) is 54.1 cm³/mol. The Balaban J connectivity index is 2.51. The molecular weight excluding hydrogens is 200 g/mol. The molecule has 0 aliphatic carbocycles. The van der Waals surface area contributed by atoms with Crippen LogP contribution in [-0.4, -0.2) is 19.3 Å². The van der Waals surface area contributed by atoms with Crippen LogP contribution in [0.4, 0.5) is 0 Å². The van der Waals surface area contributed by atoms with E-state index in [0.717, 1.165) is 22.0 Å². The van der Waals surface area contributed by atoms with Crippen molar-refractivity contribution in [3.63, 3.8) is 0 Å². The van der Waals surface area contributed by atoms with Gasteiger partial charge in [-0.05, 0) is 23.4 Å². The van der Waals surface area contributed by atoms with Crippen molar-refractivity contribution in [3.05, 3.63) is 17.7 Å². The van der Waals surface area contributed by atoms with E-state index >= 15 is 0 Å². The first-order chi connectivity index (χ1) is 6.74. The van der Waals surface area contributed by atoms with Crippen LogP contribution in [0.15, 0.2) is 17.0 Å². The fourth-order valence-electron chi connectivity index (χ4n) is 1.45. The standard InChI is InChI=1S/C10H10O3S/c1-12-7-3-6-4-9(11)14-10(6)8(5-7)13-2/h3,5H,4H2,1-2H3. The van der Waals surface area contributed by atoms with Gasteiger partial charge in [0.1, 0.15) is 11.5 Å². The summed E-state index contributed by atoms with van der Waals surface area (Å²) in [7, 11) is 3.20. The Bertz CT molecular complexity index is 387. The topological polar surface area (TPSA) is 35.5 Å². The minimum absolute atomic E-state index is 0.159. The fourth-order valence-corrected chi connectivity index (χ4v) is 2.41. The van der Waals surface area contributed by atoms with E-state index < -0.39 is 0 Å². The summed E-state index contributed by atoms with van der Waals surface area (Å²) in [5.41, 5.74) is 0.996. The molecule has 0 saturated carbocycles. The van der Waals surface area contributed by atoms with Crippen molar-refractivity contribution < 1.29 is 14.3 Å². The molecule has 0 aromatic heterocycles. The second kappa shape index (κ2) is 3.53. The Morgan fingerprint density at radius 2 is 2.07 bits per heavy atom. The van der Waals surface area contributed by atoms with E-state index in [4.69, 9.17) is 9.47 Å². The summed E-state index contributed by atoms with van der Waals surface area (Å²) in [4.78, 5) is 12.2. The predicted octanol–water partition coefficient (Wildman–Crippen LogP) is 1.88. The van der Waals surface area contributed by atoms with Crippen molar-refractivity contribution in [1.82, 2.24) is 0 Å². The van der Waals surface area contributed by atoms with E-state index in [1.54, 1.807) is 20.3 Å². The lowest BCUT2D eigenvalue weighted by Crippen LogP contribution is -1.91. The maximum absolute atomic E-state index is 11.2. The lowest BCUT2D eigenvalue weighted by atomic mass is 10.1. The molecule has 1 aromatic rings. The van der Waals surface area contributed by atoms with E-state index in [9.17, 15) is 4.79 Å². The summed E-state index contributed by atoms with van der Waals surface area (Å²) in [6, 6.07) is 3.68. The molecular formula is C10H10O3S. The van der Waals surface area contributed by atoms with Crippen molar-refractivity contribution in [2.75, 3.05) is 14.2 Å². The van der Waals surface area contributed by atoms with Crippen LogP contribution < -0.4 is 9.47 Å². The number of hydrogen-bond donors (Lipinski definition) is 0. The molecule has 1 heterocycles. The Morgan fingerprint density at radius 1 is 1.29 bits per heavy atom. The largest absolute Gasteiger partial charge is 0.497 e. The van der Waals surface area contributed by atoms with Gasteiger partial charge >= 0.3 is 0 Å². The molecule has 4 heteroatoms. The molecule has 0 radical (unpaired) electrons. The SMILES string of the molecule is COc1cc2c(c(OC)c1)SC(=O)C2. The van der Waals surface area contributed by atoms with E-state index in [-0.39, 0.29) is 5.12 Å². The van der Waals surface area contributed by atoms with Gasteiger partial charge in [-0.25, -0.2) is 0 Å². The molecule has 2 rings (SSSR count). The van der Waals surface area contributed by atoms with Gasteiger partial charge in [-0.2, -0.15) is 0 Å². The molecule has 0 saturated heterocycles. The molecule has 0 amide bonds. The van der Waals surface area contributed by atoms with Crippen molar-refractivity contribution in [1.29, 1.82) is 0 Å². The molecule has 0 atom stereocenters. The summed E-state index contributed by atoms with van der Waals surface area (Å²) in [5.74, 6) is 1.45. The normalized spacial score (nSPS) is 14.0. The second-order valence-electron chi connectivity index (χ2n) is 2.97. The van der Waals surface area contributed by atoms with Crippen molar-refractivity contribution in [2.45, 2.75) is 11.3 Å². The third-order valence-electron chi connectivity index (χ3n) is 2.11. The number of ether oxygens (including phenoxy) is 2. The summed E-state index contributed by atoms with van der Waals surface area (Å²) in [6.45, 7) is 0. The van der Waals surface area contributed by atoms with Crippen LogP contribution in [-0.2, 0) is 11.2 Å². The van der Waals surface area contributed by atoms with E-state index in [1.165, 1.54) is 11.8 Å². The fraction of sp³-hybridized carbons (Fsp3) is 0.300. The third kappa shape index (κ3) is 1.46. The van der Waals surface area contributed by atoms with Gasteiger partial charge in [0.25, 0.3) is 0 Å². The number of carbonyl (C=O) groups is 1. The zero-order chi connectivity index (χ0) is 10.1. The molecule has 1 aliphatic rings. The first kappa shape index (κ1) is 9.40. The van der Waals surface area contributed by atoms with Gasteiger partial charge < -0.3 is 9.47 Å². The third-order valence-corrected chi connectivity index (χ3v) is 3.15. The molecule has 0 unspecified atom stereocenters. The van der Waals surface area contributed by atoms with Crippen LogP contribution in [0.2, 0.25) is 0 Å². The van der Waals surface area contributed by atoms with E-state index in [2.05, 4.69) is 0 Å². The van der Waals surface area contributed by atoms with Gasteiger partial charge in [-0.3, -0.25) is 4.79 Å². The summed E-state index contributed by atoms with van der Waals surface area (Å²) < 4.78 is 10.3. The Hall–Kier alpha value is -1.16. The highest BCUT2D eigenvalue weighted by Gasteiger charge is 2.24. The number of methoxy groups -OCH3 is 2. The highest BCUT2D eigenvalue weighted by Crippen LogP contribution is 2.42. The molecule has 0 fully saturated rings. The van der Waals surface area contributed by atoms with Crippen LogP contribution in [0.25, 0.3) is 0 Å². The lowest BCUT2D eigenvalue weighted by Gasteiger charge is -2.08. The van der Waals surface area contributed by atoms with Gasteiger partial charge in [0, 0.05) is 12.5 Å². The number of thioether (sulfide) groups is 1. The maximum Gasteiger partial charge on any atom is 0.198 e.